The van der Waals surface area contributed by atoms with Crippen LogP contribution in [0.2, 0.25) is 0 Å². The molecule has 0 aromatic carbocycles. The number of nitrogens with one attached hydrogen (secondary N) is 1. The van der Waals surface area contributed by atoms with Crippen LogP contribution in [0.1, 0.15) is 24.6 Å². The molecule has 1 aromatic rings. The Bertz CT molecular complexity index is 313. The summed E-state index contributed by atoms with van der Waals surface area (Å²) in [5.41, 5.74) is 0. The summed E-state index contributed by atoms with van der Waals surface area (Å²) in [6.07, 6.45) is 7.58. The lowest BCUT2D eigenvalue weighted by atomic mass is 10.2. The van der Waals surface area contributed by atoms with Crippen LogP contribution in [0, 0.1) is 12.3 Å². The number of halogens is 1. The van der Waals surface area contributed by atoms with Gasteiger partial charge in [0.25, 0.3) is 0 Å². The molecule has 0 amide bonds. The van der Waals surface area contributed by atoms with Gasteiger partial charge in [-0.1, -0.05) is 19.3 Å². The SMILES string of the molecule is C#CC(CCC)NCc1sccc1Br. The smallest absolute Gasteiger partial charge is 0.0689 e. The maximum Gasteiger partial charge on any atom is 0.0689 e. The fraction of sp³-hybridized carbons (Fsp3) is 0.455. The van der Waals surface area contributed by atoms with Gasteiger partial charge in [0.2, 0.25) is 0 Å². The maximum absolute atomic E-state index is 5.42. The van der Waals surface area contributed by atoms with Crippen molar-refractivity contribution < 1.29 is 0 Å². The first-order valence-corrected chi connectivity index (χ1v) is 6.36. The van der Waals surface area contributed by atoms with Gasteiger partial charge in [-0.05, 0) is 33.8 Å². The molecule has 1 N–H and O–H groups in total. The summed E-state index contributed by atoms with van der Waals surface area (Å²) in [5.74, 6) is 2.76. The normalized spacial score (nSPS) is 12.4. The van der Waals surface area contributed by atoms with Gasteiger partial charge in [-0.2, -0.15) is 0 Å². The first-order valence-electron chi connectivity index (χ1n) is 4.69. The zero-order valence-electron chi connectivity index (χ0n) is 8.22. The minimum absolute atomic E-state index is 0.203. The van der Waals surface area contributed by atoms with Crippen LogP contribution in [-0.2, 0) is 6.54 Å². The molecule has 0 saturated carbocycles. The summed E-state index contributed by atoms with van der Waals surface area (Å²) in [6, 6.07) is 2.26. The Morgan fingerprint density at radius 2 is 2.50 bits per heavy atom. The van der Waals surface area contributed by atoms with Crippen LogP contribution in [-0.4, -0.2) is 6.04 Å². The third kappa shape index (κ3) is 3.45. The highest BCUT2D eigenvalue weighted by Gasteiger charge is 2.05. The van der Waals surface area contributed by atoms with Gasteiger partial charge >= 0.3 is 0 Å². The summed E-state index contributed by atoms with van der Waals surface area (Å²) in [6.45, 7) is 3.00. The minimum atomic E-state index is 0.203. The number of rotatable bonds is 5. The fourth-order valence-corrected chi connectivity index (χ4v) is 2.64. The molecule has 0 fully saturated rings. The van der Waals surface area contributed by atoms with Crippen molar-refractivity contribution in [3.05, 3.63) is 20.8 Å². The molecule has 0 saturated heterocycles. The lowest BCUT2D eigenvalue weighted by Gasteiger charge is -2.10. The zero-order chi connectivity index (χ0) is 10.4. The number of hydrogen-bond donors (Lipinski definition) is 1. The van der Waals surface area contributed by atoms with Crippen molar-refractivity contribution in [2.75, 3.05) is 0 Å². The first kappa shape index (κ1) is 11.8. The molecule has 3 heteroatoms. The Balaban J connectivity index is 2.40. The summed E-state index contributed by atoms with van der Waals surface area (Å²) in [5, 5.41) is 5.43. The van der Waals surface area contributed by atoms with Gasteiger partial charge in [0.15, 0.2) is 0 Å². The molecular formula is C11H14BrNS. The van der Waals surface area contributed by atoms with Gasteiger partial charge in [0, 0.05) is 15.9 Å². The first-order chi connectivity index (χ1) is 6.77. The molecule has 1 unspecified atom stereocenters. The van der Waals surface area contributed by atoms with Gasteiger partial charge in [-0.15, -0.1) is 17.8 Å². The van der Waals surface area contributed by atoms with Crippen molar-refractivity contribution in [1.82, 2.24) is 5.32 Å². The quantitative estimate of drug-likeness (QED) is 0.810. The molecule has 1 heterocycles. The molecule has 0 aliphatic rings. The molecule has 1 nitrogen and oxygen atoms in total. The molecule has 1 atom stereocenters. The average Bonchev–Trinajstić information content (AvgIpc) is 2.59. The van der Waals surface area contributed by atoms with E-state index in [4.69, 9.17) is 6.42 Å². The van der Waals surface area contributed by atoms with E-state index in [9.17, 15) is 0 Å². The number of hydrogen-bond acceptors (Lipinski definition) is 2. The third-order valence-electron chi connectivity index (χ3n) is 1.98. The average molecular weight is 272 g/mol. The predicted molar refractivity (Wildman–Crippen MR) is 66.4 cm³/mol. The zero-order valence-corrected chi connectivity index (χ0v) is 10.6. The van der Waals surface area contributed by atoms with E-state index in [1.54, 1.807) is 11.3 Å². The Hall–Kier alpha value is -0.300. The molecule has 0 radical (unpaired) electrons. The molecule has 1 rings (SSSR count). The standard InChI is InChI=1S/C11H14BrNS/c1-3-5-9(4-2)13-8-11-10(12)6-7-14-11/h2,6-7,9,13H,3,5,8H2,1H3. The van der Waals surface area contributed by atoms with E-state index < -0.39 is 0 Å². The van der Waals surface area contributed by atoms with E-state index in [1.807, 2.05) is 0 Å². The van der Waals surface area contributed by atoms with E-state index in [-0.39, 0.29) is 6.04 Å². The molecule has 1 aromatic heterocycles. The molecule has 0 aliphatic heterocycles. The second kappa shape index (κ2) is 6.23. The monoisotopic (exact) mass is 271 g/mol. The van der Waals surface area contributed by atoms with Crippen molar-refractivity contribution in [3.63, 3.8) is 0 Å². The summed E-state index contributed by atoms with van der Waals surface area (Å²) in [4.78, 5) is 1.31. The predicted octanol–water partition coefficient (Wildman–Crippen LogP) is 3.40. The molecule has 14 heavy (non-hydrogen) atoms. The van der Waals surface area contributed by atoms with Gasteiger partial charge in [0.1, 0.15) is 0 Å². The lowest BCUT2D eigenvalue weighted by Crippen LogP contribution is -2.26. The highest BCUT2D eigenvalue weighted by atomic mass is 79.9. The Morgan fingerprint density at radius 1 is 1.71 bits per heavy atom. The minimum Gasteiger partial charge on any atom is -0.299 e. The van der Waals surface area contributed by atoms with E-state index in [0.717, 1.165) is 19.4 Å². The van der Waals surface area contributed by atoms with Gasteiger partial charge in [-0.25, -0.2) is 0 Å². The summed E-state index contributed by atoms with van der Waals surface area (Å²) >= 11 is 5.24. The van der Waals surface area contributed by atoms with Crippen LogP contribution >= 0.6 is 27.3 Å². The van der Waals surface area contributed by atoms with E-state index >= 15 is 0 Å². The van der Waals surface area contributed by atoms with Crippen molar-refractivity contribution in [2.24, 2.45) is 0 Å². The number of terminal acetylenes is 1. The van der Waals surface area contributed by atoms with Crippen molar-refractivity contribution in [3.8, 4) is 12.3 Å². The molecule has 76 valence electrons. The van der Waals surface area contributed by atoms with Gasteiger partial charge < -0.3 is 0 Å². The largest absolute Gasteiger partial charge is 0.299 e. The topological polar surface area (TPSA) is 12.0 Å². The Morgan fingerprint density at radius 3 is 3.00 bits per heavy atom. The molecule has 0 spiro atoms. The van der Waals surface area contributed by atoms with E-state index in [2.05, 4.69) is 45.5 Å². The summed E-state index contributed by atoms with van der Waals surface area (Å²) < 4.78 is 1.17. The summed E-state index contributed by atoms with van der Waals surface area (Å²) in [7, 11) is 0. The third-order valence-corrected chi connectivity index (χ3v) is 3.90. The van der Waals surface area contributed by atoms with Crippen molar-refractivity contribution >= 4 is 27.3 Å². The van der Waals surface area contributed by atoms with Crippen LogP contribution in [0.25, 0.3) is 0 Å². The Kier molecular flexibility index (Phi) is 5.24. The second-order valence-electron chi connectivity index (χ2n) is 3.08. The lowest BCUT2D eigenvalue weighted by molar-refractivity contribution is 0.565. The van der Waals surface area contributed by atoms with Crippen LogP contribution in [0.4, 0.5) is 0 Å². The van der Waals surface area contributed by atoms with E-state index in [1.165, 1.54) is 9.35 Å². The van der Waals surface area contributed by atoms with E-state index in [0.29, 0.717) is 0 Å². The maximum atomic E-state index is 5.42. The highest BCUT2D eigenvalue weighted by Crippen LogP contribution is 2.22. The highest BCUT2D eigenvalue weighted by molar-refractivity contribution is 9.10. The van der Waals surface area contributed by atoms with Crippen LogP contribution < -0.4 is 5.32 Å². The molecule has 0 aliphatic carbocycles. The second-order valence-corrected chi connectivity index (χ2v) is 4.94. The van der Waals surface area contributed by atoms with Crippen molar-refractivity contribution in [2.45, 2.75) is 32.4 Å². The van der Waals surface area contributed by atoms with Gasteiger partial charge in [-0.3, -0.25) is 5.32 Å². The van der Waals surface area contributed by atoms with Crippen LogP contribution in [0.3, 0.4) is 0 Å². The Labute approximate surface area is 98.0 Å². The fourth-order valence-electron chi connectivity index (χ4n) is 1.20. The number of thiophene rings is 1. The molecule has 0 bridgehead atoms. The molecular weight excluding hydrogens is 258 g/mol. The van der Waals surface area contributed by atoms with Crippen LogP contribution in [0.15, 0.2) is 15.9 Å². The van der Waals surface area contributed by atoms with Crippen LogP contribution in [0.5, 0.6) is 0 Å². The van der Waals surface area contributed by atoms with Gasteiger partial charge in [0.05, 0.1) is 6.04 Å². The van der Waals surface area contributed by atoms with Crippen molar-refractivity contribution in [1.29, 1.82) is 0 Å².